The van der Waals surface area contributed by atoms with Crippen LogP contribution in [0.3, 0.4) is 0 Å². The van der Waals surface area contributed by atoms with Crippen molar-refractivity contribution in [3.63, 3.8) is 0 Å². The van der Waals surface area contributed by atoms with E-state index in [9.17, 15) is 4.79 Å². The molecule has 0 amide bonds. The molecule has 0 aliphatic rings. The van der Waals surface area contributed by atoms with Crippen LogP contribution in [-0.2, 0) is 20.9 Å². The van der Waals surface area contributed by atoms with Crippen molar-refractivity contribution in [3.05, 3.63) is 39.7 Å². The molecule has 5 nitrogen and oxygen atoms in total. The van der Waals surface area contributed by atoms with E-state index in [4.69, 9.17) is 29.8 Å². The molecule has 0 bridgehead atoms. The summed E-state index contributed by atoms with van der Waals surface area (Å²) in [6.07, 6.45) is 0. The molecule has 2 aromatic rings. The van der Waals surface area contributed by atoms with Crippen molar-refractivity contribution in [2.75, 3.05) is 13.2 Å². The average molecular weight is 342 g/mol. The minimum absolute atomic E-state index is 0.0570. The van der Waals surface area contributed by atoms with E-state index >= 15 is 0 Å². The first-order chi connectivity index (χ1) is 10.4. The second-order valence-electron chi connectivity index (χ2n) is 4.72. The molecule has 0 atom stereocenters. The molecular weight excluding hydrogens is 323 g/mol. The summed E-state index contributed by atoms with van der Waals surface area (Å²) in [4.78, 5) is 12.2. The van der Waals surface area contributed by atoms with Crippen LogP contribution in [0.25, 0.3) is 11.0 Å². The Morgan fingerprint density at radius 3 is 2.41 bits per heavy atom. The molecule has 0 N–H and O–H groups in total. The maximum Gasteiger partial charge on any atom is 0.380 e. The Labute approximate surface area is 134 Å². The Morgan fingerprint density at radius 1 is 1.18 bits per heavy atom. The second-order valence-corrected chi connectivity index (χ2v) is 7.65. The van der Waals surface area contributed by atoms with Gasteiger partial charge in [-0.05, 0) is 39.3 Å². The van der Waals surface area contributed by atoms with E-state index in [2.05, 4.69) is 0 Å². The molecule has 22 heavy (non-hydrogen) atoms. The zero-order chi connectivity index (χ0) is 16.3. The summed E-state index contributed by atoms with van der Waals surface area (Å²) in [5.74, 6) is 0.0570. The van der Waals surface area contributed by atoms with Crippen LogP contribution in [0, 0.1) is 13.8 Å². The smallest absolute Gasteiger partial charge is 0.380 e. The summed E-state index contributed by atoms with van der Waals surface area (Å²) in [5.41, 5.74) is 1.62. The zero-order valence-corrected chi connectivity index (χ0v) is 14.8. The third-order valence-electron chi connectivity index (χ3n) is 3.05. The lowest BCUT2D eigenvalue weighted by molar-refractivity contribution is 0.215. The molecule has 0 aliphatic carbocycles. The van der Waals surface area contributed by atoms with Gasteiger partial charge in [0.1, 0.15) is 5.58 Å². The van der Waals surface area contributed by atoms with E-state index in [0.29, 0.717) is 24.4 Å². The predicted octanol–water partition coefficient (Wildman–Crippen LogP) is 4.09. The van der Waals surface area contributed by atoms with E-state index in [0.717, 1.165) is 10.9 Å². The number of fused-ring (bicyclic) bond motifs is 1. The van der Waals surface area contributed by atoms with Gasteiger partial charge in [0.05, 0.1) is 13.2 Å². The fourth-order valence-electron chi connectivity index (χ4n) is 2.07. The van der Waals surface area contributed by atoms with Crippen molar-refractivity contribution >= 4 is 29.5 Å². The molecule has 2 rings (SSSR count). The third kappa shape index (κ3) is 3.58. The quantitative estimate of drug-likeness (QED) is 0.582. The molecule has 0 spiro atoms. The van der Waals surface area contributed by atoms with E-state index in [-0.39, 0.29) is 5.75 Å². The molecule has 120 valence electrons. The third-order valence-corrected chi connectivity index (χ3v) is 5.46. The largest absolute Gasteiger partial charge is 0.420 e. The lowest BCUT2D eigenvalue weighted by atomic mass is 10.1. The first-order valence-corrected chi connectivity index (χ1v) is 9.58. The number of hydrogen-bond acceptors (Lipinski definition) is 6. The highest BCUT2D eigenvalue weighted by atomic mass is 32.5. The van der Waals surface area contributed by atoms with Gasteiger partial charge in [-0.3, -0.25) is 9.05 Å². The summed E-state index contributed by atoms with van der Waals surface area (Å²) in [7, 11) is 0. The summed E-state index contributed by atoms with van der Waals surface area (Å²) in [6.45, 7) is 4.99. The highest BCUT2D eigenvalue weighted by molar-refractivity contribution is 8.07. The maximum absolute atomic E-state index is 12.2. The predicted molar refractivity (Wildman–Crippen MR) is 90.1 cm³/mol. The monoisotopic (exact) mass is 342 g/mol. The molecule has 0 radical (unpaired) electrons. The molecule has 1 aromatic carbocycles. The zero-order valence-electron chi connectivity index (χ0n) is 13.0. The van der Waals surface area contributed by atoms with E-state index in [1.165, 1.54) is 0 Å². The van der Waals surface area contributed by atoms with Crippen molar-refractivity contribution in [2.24, 2.45) is 0 Å². The Hall–Kier alpha value is -1.20. The minimum atomic E-state index is -3.01. The van der Waals surface area contributed by atoms with E-state index in [1.807, 2.05) is 25.1 Å². The SMILES string of the molecule is CCOP(=S)(OCC)Oc1c(C)c2ccc(C)cc2oc1=O. The van der Waals surface area contributed by atoms with Gasteiger partial charge in [-0.1, -0.05) is 12.1 Å². The molecule has 0 unspecified atom stereocenters. The summed E-state index contributed by atoms with van der Waals surface area (Å²) in [6, 6.07) is 5.65. The second kappa shape index (κ2) is 6.92. The Morgan fingerprint density at radius 2 is 1.82 bits per heavy atom. The van der Waals surface area contributed by atoms with Gasteiger partial charge >= 0.3 is 12.3 Å². The first-order valence-electron chi connectivity index (χ1n) is 7.03. The normalized spacial score (nSPS) is 11.8. The molecule has 0 saturated heterocycles. The minimum Gasteiger partial charge on any atom is -0.420 e. The molecule has 0 aliphatic heterocycles. The van der Waals surface area contributed by atoms with Crippen LogP contribution < -0.4 is 10.1 Å². The molecule has 0 saturated carbocycles. The maximum atomic E-state index is 12.2. The van der Waals surface area contributed by atoms with Gasteiger partial charge in [-0.15, -0.1) is 0 Å². The highest BCUT2D eigenvalue weighted by Gasteiger charge is 2.25. The molecular formula is C15H19O5PS. The van der Waals surface area contributed by atoms with Gasteiger partial charge in [-0.25, -0.2) is 4.79 Å². The summed E-state index contributed by atoms with van der Waals surface area (Å²) < 4.78 is 21.8. The van der Waals surface area contributed by atoms with Crippen molar-refractivity contribution in [1.29, 1.82) is 0 Å². The van der Waals surface area contributed by atoms with Crippen LogP contribution in [0.4, 0.5) is 0 Å². The topological polar surface area (TPSA) is 57.9 Å². The fourth-order valence-corrected chi connectivity index (χ4v) is 4.17. The van der Waals surface area contributed by atoms with Gasteiger partial charge in [-0.2, -0.15) is 0 Å². The number of benzene rings is 1. The van der Waals surface area contributed by atoms with E-state index in [1.54, 1.807) is 20.8 Å². The number of aryl methyl sites for hydroxylation is 2. The average Bonchev–Trinajstić information content (AvgIpc) is 2.43. The lowest BCUT2D eigenvalue weighted by Gasteiger charge is -2.21. The number of rotatable bonds is 6. The standard InChI is InChI=1S/C15H19O5PS/c1-5-17-21(22,18-6-2)20-14-11(4)12-8-7-10(3)9-13(12)19-15(14)16/h7-9H,5-6H2,1-4H3. The lowest BCUT2D eigenvalue weighted by Crippen LogP contribution is -2.11. The van der Waals surface area contributed by atoms with Crippen LogP contribution in [0.2, 0.25) is 0 Å². The Bertz CT molecular complexity index is 773. The van der Waals surface area contributed by atoms with Crippen molar-refractivity contribution < 1.29 is 18.0 Å². The Kier molecular flexibility index (Phi) is 5.40. The molecule has 1 aromatic heterocycles. The molecule has 0 fully saturated rings. The molecule has 1 heterocycles. The Balaban J connectivity index is 2.53. The fraction of sp³-hybridized carbons (Fsp3) is 0.400. The van der Waals surface area contributed by atoms with Gasteiger partial charge < -0.3 is 8.94 Å². The summed E-state index contributed by atoms with van der Waals surface area (Å²) >= 11 is 5.31. The van der Waals surface area contributed by atoms with Crippen LogP contribution in [0.1, 0.15) is 25.0 Å². The van der Waals surface area contributed by atoms with Crippen molar-refractivity contribution in [2.45, 2.75) is 27.7 Å². The van der Waals surface area contributed by atoms with Crippen molar-refractivity contribution in [3.8, 4) is 5.75 Å². The highest BCUT2D eigenvalue weighted by Crippen LogP contribution is 2.50. The van der Waals surface area contributed by atoms with E-state index < -0.39 is 12.3 Å². The van der Waals surface area contributed by atoms with Gasteiger partial charge in [0.25, 0.3) is 0 Å². The van der Waals surface area contributed by atoms with Gasteiger partial charge in [0, 0.05) is 22.8 Å². The summed E-state index contributed by atoms with van der Waals surface area (Å²) in [5, 5.41) is 0.801. The van der Waals surface area contributed by atoms with Crippen LogP contribution in [0.5, 0.6) is 5.75 Å². The number of hydrogen-bond donors (Lipinski definition) is 0. The molecule has 7 heteroatoms. The van der Waals surface area contributed by atoms with Crippen molar-refractivity contribution in [1.82, 2.24) is 0 Å². The van der Waals surface area contributed by atoms with Crippen LogP contribution >= 0.6 is 6.72 Å². The van der Waals surface area contributed by atoms with Gasteiger partial charge in [0.15, 0.2) is 0 Å². The van der Waals surface area contributed by atoms with Crippen LogP contribution in [0.15, 0.2) is 27.4 Å². The van der Waals surface area contributed by atoms with Crippen LogP contribution in [-0.4, -0.2) is 13.2 Å². The van der Waals surface area contributed by atoms with Gasteiger partial charge in [0.2, 0.25) is 5.75 Å². The first kappa shape index (κ1) is 17.2.